The molecular weight excluding hydrogens is 371 g/mol. The lowest BCUT2D eigenvalue weighted by molar-refractivity contribution is -0.137. The van der Waals surface area contributed by atoms with E-state index in [9.17, 15) is 13.2 Å². The number of fused-ring (bicyclic) bond motifs is 1. The molecule has 0 spiro atoms. The van der Waals surface area contributed by atoms with Crippen LogP contribution in [0.3, 0.4) is 0 Å². The quantitative estimate of drug-likeness (QED) is 0.531. The first-order valence-electron chi connectivity index (χ1n) is 7.64. The number of pyridine rings is 1. The van der Waals surface area contributed by atoms with Gasteiger partial charge in [0.05, 0.1) is 10.6 Å². The minimum atomic E-state index is -4.45. The summed E-state index contributed by atoms with van der Waals surface area (Å²) >= 11 is 7.94. The van der Waals surface area contributed by atoms with Crippen molar-refractivity contribution in [3.05, 3.63) is 41.0 Å². The molecule has 25 heavy (non-hydrogen) atoms. The summed E-state index contributed by atoms with van der Waals surface area (Å²) in [7, 11) is 1.74. The van der Waals surface area contributed by atoms with Crippen molar-refractivity contribution >= 4 is 34.5 Å². The van der Waals surface area contributed by atoms with Gasteiger partial charge in [0.1, 0.15) is 11.3 Å². The molecule has 3 aromatic rings. The van der Waals surface area contributed by atoms with Crippen LogP contribution in [0.25, 0.3) is 22.6 Å². The lowest BCUT2D eigenvalue weighted by atomic mass is 10.2. The standard InChI is InChI=1S/C17H15ClF3N3S/c1-3-7-25-14-11(5-4-6-12(14)18)15-23-13-8-10(17(19,20)21)9-22-16(13)24(15)2/h4-6,8-9H,3,7H2,1-2H3. The molecule has 0 fully saturated rings. The van der Waals surface area contributed by atoms with Gasteiger partial charge in [0.2, 0.25) is 0 Å². The van der Waals surface area contributed by atoms with E-state index in [1.54, 1.807) is 29.4 Å². The average Bonchev–Trinajstić information content (AvgIpc) is 2.89. The fourth-order valence-corrected chi connectivity index (χ4v) is 3.77. The maximum atomic E-state index is 12.9. The molecule has 0 aliphatic heterocycles. The first-order valence-corrected chi connectivity index (χ1v) is 9.00. The number of thioether (sulfide) groups is 1. The summed E-state index contributed by atoms with van der Waals surface area (Å²) in [6, 6.07) is 6.50. The normalized spacial score (nSPS) is 12.1. The van der Waals surface area contributed by atoms with E-state index in [4.69, 9.17) is 11.6 Å². The van der Waals surface area contributed by atoms with Crippen molar-refractivity contribution in [3.63, 3.8) is 0 Å². The van der Waals surface area contributed by atoms with Gasteiger partial charge in [-0.25, -0.2) is 9.97 Å². The van der Waals surface area contributed by atoms with Gasteiger partial charge in [-0.05, 0) is 24.3 Å². The molecule has 3 rings (SSSR count). The van der Waals surface area contributed by atoms with Crippen molar-refractivity contribution < 1.29 is 13.2 Å². The number of rotatable bonds is 4. The molecule has 0 unspecified atom stereocenters. The topological polar surface area (TPSA) is 30.7 Å². The highest BCUT2D eigenvalue weighted by Crippen LogP contribution is 2.38. The summed E-state index contributed by atoms with van der Waals surface area (Å²) in [5, 5.41) is 0.604. The fourth-order valence-electron chi connectivity index (χ4n) is 2.51. The predicted octanol–water partition coefficient (Wildman–Crippen LogP) is 5.81. The largest absolute Gasteiger partial charge is 0.417 e. The van der Waals surface area contributed by atoms with Crippen LogP contribution in [-0.4, -0.2) is 20.3 Å². The highest BCUT2D eigenvalue weighted by atomic mass is 35.5. The monoisotopic (exact) mass is 385 g/mol. The van der Waals surface area contributed by atoms with Crippen molar-refractivity contribution in [2.75, 3.05) is 5.75 Å². The van der Waals surface area contributed by atoms with Gasteiger partial charge in [0.15, 0.2) is 5.65 Å². The van der Waals surface area contributed by atoms with Gasteiger partial charge < -0.3 is 4.57 Å². The van der Waals surface area contributed by atoms with Crippen LogP contribution in [-0.2, 0) is 13.2 Å². The third-order valence-electron chi connectivity index (χ3n) is 3.69. The third-order valence-corrected chi connectivity index (χ3v) is 5.46. The Morgan fingerprint density at radius 1 is 1.28 bits per heavy atom. The van der Waals surface area contributed by atoms with E-state index >= 15 is 0 Å². The number of nitrogens with zero attached hydrogens (tertiary/aromatic N) is 3. The van der Waals surface area contributed by atoms with Crippen molar-refractivity contribution in [1.29, 1.82) is 0 Å². The number of hydrogen-bond donors (Lipinski definition) is 0. The highest BCUT2D eigenvalue weighted by molar-refractivity contribution is 7.99. The second-order valence-corrected chi connectivity index (χ2v) is 7.04. The fraction of sp³-hybridized carbons (Fsp3) is 0.294. The van der Waals surface area contributed by atoms with Gasteiger partial charge in [-0.3, -0.25) is 0 Å². The van der Waals surface area contributed by atoms with Gasteiger partial charge in [-0.2, -0.15) is 13.2 Å². The summed E-state index contributed by atoms with van der Waals surface area (Å²) in [4.78, 5) is 9.22. The summed E-state index contributed by atoms with van der Waals surface area (Å²) in [6.07, 6.45) is -2.63. The molecule has 0 N–H and O–H groups in total. The third kappa shape index (κ3) is 3.48. The first-order chi connectivity index (χ1) is 11.8. The van der Waals surface area contributed by atoms with E-state index in [1.807, 2.05) is 12.1 Å². The Morgan fingerprint density at radius 3 is 2.72 bits per heavy atom. The van der Waals surface area contributed by atoms with Gasteiger partial charge in [0.25, 0.3) is 0 Å². The number of alkyl halides is 3. The Labute approximate surface area is 152 Å². The molecule has 0 radical (unpaired) electrons. The van der Waals surface area contributed by atoms with Crippen molar-refractivity contribution in [3.8, 4) is 11.4 Å². The molecule has 3 nitrogen and oxygen atoms in total. The Hall–Kier alpha value is -1.73. The number of halogens is 4. The first kappa shape index (κ1) is 18.1. The maximum Gasteiger partial charge on any atom is 0.417 e. The van der Waals surface area contributed by atoms with Crippen molar-refractivity contribution in [1.82, 2.24) is 14.5 Å². The molecule has 0 atom stereocenters. The molecule has 0 amide bonds. The second kappa shape index (κ2) is 6.88. The minimum Gasteiger partial charge on any atom is -0.312 e. The highest BCUT2D eigenvalue weighted by Gasteiger charge is 2.31. The molecule has 1 aromatic carbocycles. The van der Waals surface area contributed by atoms with E-state index in [2.05, 4.69) is 16.9 Å². The van der Waals surface area contributed by atoms with E-state index in [1.165, 1.54) is 0 Å². The Balaban J connectivity index is 2.17. The number of aromatic nitrogens is 3. The van der Waals surface area contributed by atoms with Crippen LogP contribution in [0.2, 0.25) is 5.02 Å². The predicted molar refractivity (Wildman–Crippen MR) is 95.0 cm³/mol. The average molecular weight is 386 g/mol. The molecule has 0 aliphatic carbocycles. The summed E-state index contributed by atoms with van der Waals surface area (Å²) in [5.74, 6) is 1.43. The van der Waals surface area contributed by atoms with E-state index in [0.717, 1.165) is 34.9 Å². The molecule has 0 saturated heterocycles. The van der Waals surface area contributed by atoms with E-state index < -0.39 is 11.7 Å². The van der Waals surface area contributed by atoms with Gasteiger partial charge in [-0.15, -0.1) is 11.8 Å². The molecule has 2 heterocycles. The van der Waals surface area contributed by atoms with E-state index in [0.29, 0.717) is 16.5 Å². The van der Waals surface area contributed by atoms with Crippen LogP contribution >= 0.6 is 23.4 Å². The Bertz CT molecular complexity index is 921. The van der Waals surface area contributed by atoms with Crippen LogP contribution in [0.5, 0.6) is 0 Å². The maximum absolute atomic E-state index is 12.9. The lowest BCUT2D eigenvalue weighted by Gasteiger charge is -2.10. The van der Waals surface area contributed by atoms with Crippen LogP contribution in [0.4, 0.5) is 13.2 Å². The number of imidazole rings is 1. The van der Waals surface area contributed by atoms with Crippen LogP contribution in [0.1, 0.15) is 18.9 Å². The zero-order valence-corrected chi connectivity index (χ0v) is 15.1. The van der Waals surface area contributed by atoms with Crippen LogP contribution < -0.4 is 0 Å². The SMILES string of the molecule is CCCSc1c(Cl)cccc1-c1nc2cc(C(F)(F)F)cnc2n1C. The zero-order valence-electron chi connectivity index (χ0n) is 13.6. The van der Waals surface area contributed by atoms with Gasteiger partial charge in [-0.1, -0.05) is 30.7 Å². The smallest absolute Gasteiger partial charge is 0.312 e. The summed E-state index contributed by atoms with van der Waals surface area (Å²) in [5.41, 5.74) is 0.587. The summed E-state index contributed by atoms with van der Waals surface area (Å²) in [6.45, 7) is 2.07. The molecule has 0 bridgehead atoms. The molecular formula is C17H15ClF3N3S. The van der Waals surface area contributed by atoms with E-state index in [-0.39, 0.29) is 5.52 Å². The Kier molecular flexibility index (Phi) is 4.97. The molecule has 0 saturated carbocycles. The van der Waals surface area contributed by atoms with Crippen molar-refractivity contribution in [2.24, 2.45) is 7.05 Å². The van der Waals surface area contributed by atoms with Gasteiger partial charge >= 0.3 is 6.18 Å². The second-order valence-electron chi connectivity index (χ2n) is 5.52. The summed E-state index contributed by atoms with van der Waals surface area (Å²) < 4.78 is 40.4. The Morgan fingerprint density at radius 2 is 2.04 bits per heavy atom. The molecule has 0 aliphatic rings. The van der Waals surface area contributed by atoms with Crippen LogP contribution in [0, 0.1) is 0 Å². The minimum absolute atomic E-state index is 0.207. The number of aryl methyl sites for hydroxylation is 1. The number of hydrogen-bond acceptors (Lipinski definition) is 3. The lowest BCUT2D eigenvalue weighted by Crippen LogP contribution is -2.05. The molecule has 8 heteroatoms. The van der Waals surface area contributed by atoms with Crippen LogP contribution in [0.15, 0.2) is 35.4 Å². The molecule has 2 aromatic heterocycles. The van der Waals surface area contributed by atoms with Gasteiger partial charge in [0, 0.05) is 23.7 Å². The number of benzene rings is 1. The zero-order chi connectivity index (χ0) is 18.2. The van der Waals surface area contributed by atoms with Crippen molar-refractivity contribution in [2.45, 2.75) is 24.4 Å². The molecule has 132 valence electrons.